The van der Waals surface area contributed by atoms with E-state index in [1.165, 1.54) is 0 Å². The van der Waals surface area contributed by atoms with E-state index in [9.17, 15) is 19.2 Å². The van der Waals surface area contributed by atoms with Crippen LogP contribution in [0.2, 0.25) is 0 Å². The van der Waals surface area contributed by atoms with Crippen LogP contribution in [0.3, 0.4) is 0 Å². The molecule has 112 valence electrons. The van der Waals surface area contributed by atoms with E-state index in [0.717, 1.165) is 0 Å². The van der Waals surface area contributed by atoms with Gasteiger partial charge < -0.3 is 20.4 Å². The Morgan fingerprint density at radius 1 is 0.500 bits per heavy atom. The number of hydrogen-bond acceptors (Lipinski definition) is 4. The van der Waals surface area contributed by atoms with Gasteiger partial charge in [-0.1, -0.05) is 0 Å². The standard InChI is InChI=1S/2C4H6O4.2Ni/c2*5-3(6)1-2-4(7)8;;/h2*1-2H2,(H,5,6)(H,7,8);;. The molecule has 0 bridgehead atoms. The molecule has 0 unspecified atom stereocenters. The van der Waals surface area contributed by atoms with E-state index in [0.29, 0.717) is 0 Å². The molecule has 4 N–H and O–H groups in total. The summed E-state index contributed by atoms with van der Waals surface area (Å²) in [6, 6.07) is 0. The molecular formula is C8H12Ni2O8. The zero-order chi connectivity index (χ0) is 13.1. The van der Waals surface area contributed by atoms with Crippen molar-refractivity contribution in [2.24, 2.45) is 0 Å². The summed E-state index contributed by atoms with van der Waals surface area (Å²) >= 11 is 0. The van der Waals surface area contributed by atoms with Gasteiger partial charge in [-0.3, -0.25) is 19.2 Å². The quantitative estimate of drug-likeness (QED) is 0.482. The van der Waals surface area contributed by atoms with Crippen molar-refractivity contribution < 1.29 is 72.6 Å². The summed E-state index contributed by atoms with van der Waals surface area (Å²) in [5.74, 6) is -4.31. The molecular weight excluding hydrogens is 341 g/mol. The molecule has 0 radical (unpaired) electrons. The molecule has 8 nitrogen and oxygen atoms in total. The molecule has 0 aliphatic carbocycles. The summed E-state index contributed by atoms with van der Waals surface area (Å²) in [5, 5.41) is 31.6. The fraction of sp³-hybridized carbons (Fsp3) is 0.500. The van der Waals surface area contributed by atoms with Crippen LogP contribution in [0.1, 0.15) is 25.7 Å². The molecule has 0 saturated heterocycles. The third-order valence-electron chi connectivity index (χ3n) is 1.11. The third kappa shape index (κ3) is 36.4. The molecule has 0 amide bonds. The number of rotatable bonds is 6. The zero-order valence-electron chi connectivity index (χ0n) is 8.88. The fourth-order valence-corrected chi connectivity index (χ4v) is 0.428. The van der Waals surface area contributed by atoms with Gasteiger partial charge in [-0.15, -0.1) is 0 Å². The van der Waals surface area contributed by atoms with Gasteiger partial charge in [-0.2, -0.15) is 0 Å². The van der Waals surface area contributed by atoms with Crippen molar-refractivity contribution in [2.45, 2.75) is 25.7 Å². The fourth-order valence-electron chi connectivity index (χ4n) is 0.428. The topological polar surface area (TPSA) is 149 Å². The Hall–Kier alpha value is -1.13. The monoisotopic (exact) mass is 352 g/mol. The normalized spacial score (nSPS) is 7.56. The Balaban J connectivity index is -0.0000000980. The first-order valence-corrected chi connectivity index (χ1v) is 4.13. The molecule has 0 aromatic carbocycles. The van der Waals surface area contributed by atoms with Crippen molar-refractivity contribution in [1.82, 2.24) is 0 Å². The van der Waals surface area contributed by atoms with Crippen molar-refractivity contribution in [3.05, 3.63) is 0 Å². The van der Waals surface area contributed by atoms with E-state index in [-0.39, 0.29) is 58.7 Å². The Morgan fingerprint density at radius 3 is 0.667 bits per heavy atom. The van der Waals surface area contributed by atoms with E-state index in [2.05, 4.69) is 0 Å². The average Bonchev–Trinajstić information content (AvgIpc) is 2.12. The molecule has 0 fully saturated rings. The van der Waals surface area contributed by atoms with E-state index >= 15 is 0 Å². The molecule has 0 aliphatic rings. The minimum Gasteiger partial charge on any atom is -0.481 e. The van der Waals surface area contributed by atoms with Crippen molar-refractivity contribution in [2.75, 3.05) is 0 Å². The van der Waals surface area contributed by atoms with Crippen LogP contribution in [-0.2, 0) is 52.2 Å². The number of carboxylic acid groups (broad SMARTS) is 4. The molecule has 0 atom stereocenters. The van der Waals surface area contributed by atoms with Crippen molar-refractivity contribution >= 4 is 23.9 Å². The Morgan fingerprint density at radius 2 is 0.611 bits per heavy atom. The summed E-state index contributed by atoms with van der Waals surface area (Å²) in [6.07, 6.45) is -1.19. The van der Waals surface area contributed by atoms with Crippen LogP contribution in [0.4, 0.5) is 0 Å². The van der Waals surface area contributed by atoms with Crippen molar-refractivity contribution in [1.29, 1.82) is 0 Å². The maximum Gasteiger partial charge on any atom is 0.303 e. The molecule has 10 heteroatoms. The zero-order valence-corrected chi connectivity index (χ0v) is 10.9. The number of carbonyl (C=O) groups is 4. The van der Waals surface area contributed by atoms with Gasteiger partial charge in [0, 0.05) is 33.0 Å². The maximum atomic E-state index is 9.64. The summed E-state index contributed by atoms with van der Waals surface area (Å²) in [6.45, 7) is 0. The Bertz CT molecular complexity index is 222. The van der Waals surface area contributed by atoms with Crippen LogP contribution in [0.5, 0.6) is 0 Å². The second kappa shape index (κ2) is 15.9. The number of carboxylic acids is 4. The van der Waals surface area contributed by atoms with Gasteiger partial charge in [0.15, 0.2) is 0 Å². The molecule has 0 aromatic heterocycles. The van der Waals surface area contributed by atoms with E-state index in [4.69, 9.17) is 20.4 Å². The van der Waals surface area contributed by atoms with E-state index in [1.807, 2.05) is 0 Å². The van der Waals surface area contributed by atoms with Gasteiger partial charge in [0.2, 0.25) is 0 Å². The number of aliphatic carboxylic acids is 4. The van der Waals surface area contributed by atoms with Gasteiger partial charge in [0.05, 0.1) is 25.7 Å². The summed E-state index contributed by atoms with van der Waals surface area (Å²) < 4.78 is 0. The Kier molecular flexibility index (Phi) is 22.6. The van der Waals surface area contributed by atoms with Gasteiger partial charge in [-0.05, 0) is 0 Å². The molecule has 0 rings (SSSR count). The van der Waals surface area contributed by atoms with Gasteiger partial charge in [0.1, 0.15) is 0 Å². The SMILES string of the molecule is O=C(O)CCC(=O)O.O=C(O)CCC(=O)O.[Ni].[Ni]. The first-order valence-electron chi connectivity index (χ1n) is 4.13. The van der Waals surface area contributed by atoms with Crippen LogP contribution >= 0.6 is 0 Å². The van der Waals surface area contributed by atoms with Crippen LogP contribution in [0.15, 0.2) is 0 Å². The molecule has 0 aromatic rings. The third-order valence-corrected chi connectivity index (χ3v) is 1.11. The summed E-state index contributed by atoms with van der Waals surface area (Å²) in [7, 11) is 0. The summed E-state index contributed by atoms with van der Waals surface area (Å²) in [4.78, 5) is 38.6. The predicted molar refractivity (Wildman–Crippen MR) is 49.0 cm³/mol. The van der Waals surface area contributed by atoms with Crippen LogP contribution < -0.4 is 0 Å². The van der Waals surface area contributed by atoms with Gasteiger partial charge in [-0.25, -0.2) is 0 Å². The second-order valence-electron chi connectivity index (χ2n) is 2.57. The van der Waals surface area contributed by atoms with Crippen molar-refractivity contribution in [3.8, 4) is 0 Å². The van der Waals surface area contributed by atoms with Crippen LogP contribution in [0, 0.1) is 0 Å². The van der Waals surface area contributed by atoms with Crippen molar-refractivity contribution in [3.63, 3.8) is 0 Å². The smallest absolute Gasteiger partial charge is 0.303 e. The van der Waals surface area contributed by atoms with Gasteiger partial charge in [0.25, 0.3) is 0 Å². The molecule has 0 saturated carbocycles. The number of hydrogen-bond donors (Lipinski definition) is 4. The Labute approximate surface area is 122 Å². The van der Waals surface area contributed by atoms with E-state index in [1.54, 1.807) is 0 Å². The average molecular weight is 354 g/mol. The molecule has 18 heavy (non-hydrogen) atoms. The molecule has 0 aliphatic heterocycles. The maximum absolute atomic E-state index is 9.64. The first-order chi connectivity index (χ1) is 7.25. The minimum absolute atomic E-state index is 0. The molecule has 0 spiro atoms. The second-order valence-corrected chi connectivity index (χ2v) is 2.57. The van der Waals surface area contributed by atoms with Gasteiger partial charge >= 0.3 is 23.9 Å². The van der Waals surface area contributed by atoms with Crippen LogP contribution in [0.25, 0.3) is 0 Å². The van der Waals surface area contributed by atoms with Crippen LogP contribution in [-0.4, -0.2) is 44.3 Å². The van der Waals surface area contributed by atoms with E-state index < -0.39 is 23.9 Å². The summed E-state index contributed by atoms with van der Waals surface area (Å²) in [5.41, 5.74) is 0. The minimum atomic E-state index is -1.08. The largest absolute Gasteiger partial charge is 0.481 e. The molecule has 0 heterocycles. The first kappa shape index (κ1) is 25.6. The predicted octanol–water partition coefficient (Wildman–Crippen LogP) is -0.133.